The number of nitrogens with two attached hydrogens (primary N) is 2. The van der Waals surface area contributed by atoms with Crippen LogP contribution >= 0.6 is 0 Å². The molecule has 2 fully saturated rings. The van der Waals surface area contributed by atoms with Crippen LogP contribution in [0.5, 0.6) is 0 Å². The van der Waals surface area contributed by atoms with Gasteiger partial charge in [0.25, 0.3) is 0 Å². The number of alkyl carbamates (subject to hydrolysis) is 1. The summed E-state index contributed by atoms with van der Waals surface area (Å²) in [4.78, 5) is 185. The molecule has 21 N–H and O–H groups in total. The number of ether oxygens (including phenoxy) is 2. The molecule has 1 saturated heterocycles. The third-order valence-electron chi connectivity index (χ3n) is 15.7. The van der Waals surface area contributed by atoms with Crippen LogP contribution < -0.4 is 75.3 Å². The predicted molar refractivity (Wildman–Crippen MR) is 348 cm³/mol. The molecule has 1 aromatic carbocycles. The van der Waals surface area contributed by atoms with Gasteiger partial charge in [0.15, 0.2) is 24.2 Å². The highest BCUT2D eigenvalue weighted by Crippen LogP contribution is 2.34. The molecular formula is C63H103N15O19. The Hall–Kier alpha value is -8.76. The van der Waals surface area contributed by atoms with Gasteiger partial charge in [0.2, 0.25) is 65.0 Å². The number of amides is 12. The van der Waals surface area contributed by atoms with Crippen molar-refractivity contribution in [2.45, 2.75) is 225 Å². The van der Waals surface area contributed by atoms with Gasteiger partial charge in [0.05, 0.1) is 25.4 Å². The minimum Gasteiger partial charge on any atom is -0.453 e. The van der Waals surface area contributed by atoms with E-state index in [0.29, 0.717) is 12.8 Å². The Kier molecular flexibility index (Phi) is 33.0. The largest absolute Gasteiger partial charge is 0.453 e. The van der Waals surface area contributed by atoms with Crippen LogP contribution in [0.2, 0.25) is 0 Å². The van der Waals surface area contributed by atoms with Crippen LogP contribution in [-0.4, -0.2) is 207 Å². The molecule has 1 heterocycles. The van der Waals surface area contributed by atoms with Crippen LogP contribution in [0.25, 0.3) is 0 Å². The maximum absolute atomic E-state index is 15.5. The fourth-order valence-corrected chi connectivity index (χ4v) is 10.0. The zero-order valence-electron chi connectivity index (χ0n) is 57.2. The number of esters is 1. The lowest BCUT2D eigenvalue weighted by molar-refractivity contribution is -0.159. The summed E-state index contributed by atoms with van der Waals surface area (Å²) < 4.78 is 11.4. The molecule has 1 aromatic rings. The number of guanidine groups is 1. The second-order valence-corrected chi connectivity index (χ2v) is 26.7. The Morgan fingerprint density at radius 3 is 1.77 bits per heavy atom. The number of hydrogen-bond acceptors (Lipinski definition) is 20. The van der Waals surface area contributed by atoms with Gasteiger partial charge in [0.1, 0.15) is 60.0 Å². The molecule has 0 bridgehead atoms. The standard InChI is InChI=1S/C63H103N15O19/c1-13-32(8)42-56(90)76-43(33(9)80)55(89)68-27-41(81)74-45(48(83)50(64)84)58(92)72-40(28-79)60(94)96-49(35-18-15-14-16-19-35)46(78-54(88)39(26-34-21-22-34)70-53(87)38(25-30(4)5)73-62(95)97-63(10,11)12)59(93)77-44(47(82)31(6)7)57(91)71-37(24-29(2)3)52(86)69-36(51(85)75-42)20-17-23-67-61(65)66/h14-16,18-19,29-34,36-40,42-49,79-80,82-83H,13,17,20-28H2,1-12H3,(H2,64,84)(H,68,89)(H,69,86)(H,70,87)(H,71,91)(H,72,92)(H,73,95)(H,74,81)(H,75,85)(H,76,90)(H,77,93)(H,78,88)(H4,65,66,67)/t32-,33-,36+,37-,38+,39-,40-,42-,43-,44-,45-,46-,47+,48-,49+/m0/s1. The highest BCUT2D eigenvalue weighted by molar-refractivity contribution is 6.00. The molecule has 15 atom stereocenters. The maximum Gasteiger partial charge on any atom is 0.408 e. The molecular weight excluding hydrogens is 1270 g/mol. The summed E-state index contributed by atoms with van der Waals surface area (Å²) in [7, 11) is 0. The van der Waals surface area contributed by atoms with Crippen LogP contribution in [0.3, 0.4) is 0 Å². The lowest BCUT2D eigenvalue weighted by atomic mass is 9.95. The number of hydrogen-bond donors (Lipinski definition) is 19. The lowest BCUT2D eigenvalue weighted by Crippen LogP contribution is -2.64. The number of nitrogens with one attached hydrogen (secondary N) is 13. The van der Waals surface area contributed by atoms with Crippen LogP contribution in [-0.2, 0) is 67.0 Å². The van der Waals surface area contributed by atoms with E-state index in [-0.39, 0.29) is 62.5 Å². The van der Waals surface area contributed by atoms with Crippen LogP contribution in [0.4, 0.5) is 4.79 Å². The van der Waals surface area contributed by atoms with E-state index < -0.39 is 204 Å². The highest BCUT2D eigenvalue weighted by Gasteiger charge is 2.44. The van der Waals surface area contributed by atoms with Crippen molar-refractivity contribution in [1.29, 1.82) is 5.41 Å². The SMILES string of the molecule is CC[C@H](C)[C@@H]1NC(=O)[C@@H](CCCNC(=N)N)NC(=O)[C@H](CC(C)C)NC(=O)[C@H]([C@H](O)C(C)C)NC(=O)[C@@H](NC(=O)[C@H](CC2CC2)NC(=O)[C@@H](CC(C)C)NC(=O)OC(C)(C)C)[C@@H](c2ccccc2)OC(=O)[C@H](CO)NC(=O)[C@H]([C@H](O)C(N)=O)NC(=O)CNC(=O)[C@H]([C@H](C)O)NC1=O. The Morgan fingerprint density at radius 1 is 0.670 bits per heavy atom. The predicted octanol–water partition coefficient (Wildman–Crippen LogP) is -3.90. The Morgan fingerprint density at radius 2 is 1.24 bits per heavy atom. The van der Waals surface area contributed by atoms with E-state index in [4.69, 9.17) is 26.4 Å². The zero-order chi connectivity index (χ0) is 73.3. The Labute approximate surface area is 564 Å². The summed E-state index contributed by atoms with van der Waals surface area (Å²) >= 11 is 0. The average molecular weight is 1370 g/mol. The van der Waals surface area contributed by atoms with Crippen molar-refractivity contribution in [3.05, 3.63) is 35.9 Å². The van der Waals surface area contributed by atoms with Crippen LogP contribution in [0.1, 0.15) is 146 Å². The van der Waals surface area contributed by atoms with E-state index in [9.17, 15) is 68.4 Å². The molecule has 3 rings (SSSR count). The number of carbonyl (C=O) groups is 13. The number of carbonyl (C=O) groups excluding carboxylic acids is 13. The van der Waals surface area contributed by atoms with Gasteiger partial charge in [-0.1, -0.05) is 105 Å². The van der Waals surface area contributed by atoms with Crippen molar-refractivity contribution in [2.24, 2.45) is 41.1 Å². The van der Waals surface area contributed by atoms with Crippen molar-refractivity contribution in [2.75, 3.05) is 19.7 Å². The third-order valence-corrected chi connectivity index (χ3v) is 15.7. The van der Waals surface area contributed by atoms with Crippen molar-refractivity contribution in [3.8, 4) is 0 Å². The van der Waals surface area contributed by atoms with Crippen LogP contribution in [0.15, 0.2) is 30.3 Å². The van der Waals surface area contributed by atoms with Crippen molar-refractivity contribution < 1.29 is 92.2 Å². The summed E-state index contributed by atoms with van der Waals surface area (Å²) in [5.74, 6) is -17.7. The van der Waals surface area contributed by atoms with Crippen molar-refractivity contribution in [1.82, 2.24) is 63.8 Å². The number of primary amides is 1. The molecule has 544 valence electrons. The summed E-state index contributed by atoms with van der Waals surface area (Å²) in [6.07, 6.45) is -8.05. The first kappa shape index (κ1) is 82.5. The number of benzene rings is 1. The minimum atomic E-state index is -2.59. The molecule has 0 spiro atoms. The maximum atomic E-state index is 15.5. The number of rotatable bonds is 24. The lowest BCUT2D eigenvalue weighted by Gasteiger charge is -2.33. The zero-order valence-corrected chi connectivity index (χ0v) is 57.2. The molecule has 1 aliphatic heterocycles. The molecule has 1 aliphatic carbocycles. The molecule has 97 heavy (non-hydrogen) atoms. The first-order valence-corrected chi connectivity index (χ1v) is 32.6. The first-order chi connectivity index (χ1) is 45.3. The van der Waals surface area contributed by atoms with Crippen molar-refractivity contribution >= 4 is 83.0 Å². The normalized spacial score (nSPS) is 24.6. The fraction of sp³-hybridized carbons (Fsp3) is 0.683. The van der Waals surface area contributed by atoms with Gasteiger partial charge in [-0.2, -0.15) is 0 Å². The van der Waals surface area contributed by atoms with E-state index in [1.807, 2.05) is 10.6 Å². The fourth-order valence-electron chi connectivity index (χ4n) is 10.0. The Balaban J connectivity index is 2.42. The summed E-state index contributed by atoms with van der Waals surface area (Å²) in [5.41, 5.74) is 9.79. The van der Waals surface area contributed by atoms with Crippen LogP contribution in [0, 0.1) is 35.0 Å². The van der Waals surface area contributed by atoms with Gasteiger partial charge in [-0.05, 0) is 95.0 Å². The van der Waals surface area contributed by atoms with Gasteiger partial charge in [0, 0.05) is 6.54 Å². The molecule has 0 radical (unpaired) electrons. The smallest absolute Gasteiger partial charge is 0.408 e. The Bertz CT molecular complexity index is 2910. The summed E-state index contributed by atoms with van der Waals surface area (Å²) in [6.45, 7) is 16.6. The van der Waals surface area contributed by atoms with Gasteiger partial charge in [-0.25, -0.2) is 9.59 Å². The van der Waals surface area contributed by atoms with Gasteiger partial charge in [-0.3, -0.25) is 58.1 Å². The first-order valence-electron chi connectivity index (χ1n) is 32.6. The van der Waals surface area contributed by atoms with E-state index in [2.05, 4.69) is 53.2 Å². The molecule has 34 nitrogen and oxygen atoms in total. The molecule has 12 amide bonds. The summed E-state index contributed by atoms with van der Waals surface area (Å²) in [5, 5.41) is 81.2. The van der Waals surface area contributed by atoms with E-state index in [1.165, 1.54) is 44.2 Å². The second-order valence-electron chi connectivity index (χ2n) is 26.7. The third kappa shape index (κ3) is 27.7. The molecule has 0 unspecified atom stereocenters. The molecule has 0 aromatic heterocycles. The van der Waals surface area contributed by atoms with Gasteiger partial charge < -0.3 is 105 Å². The molecule has 1 saturated carbocycles. The van der Waals surface area contributed by atoms with E-state index in [0.717, 1.165) is 6.92 Å². The monoisotopic (exact) mass is 1370 g/mol. The average Bonchev–Trinajstić information content (AvgIpc) is 1.17. The second kappa shape index (κ2) is 38.8. The van der Waals surface area contributed by atoms with Gasteiger partial charge in [-0.15, -0.1) is 0 Å². The molecule has 2 aliphatic rings. The van der Waals surface area contributed by atoms with Gasteiger partial charge >= 0.3 is 12.1 Å². The number of aliphatic hydroxyl groups is 4. The number of cyclic esters (lactones) is 1. The minimum absolute atomic E-state index is 0.00334. The quantitative estimate of drug-likeness (QED) is 0.0204. The van der Waals surface area contributed by atoms with E-state index in [1.54, 1.807) is 62.3 Å². The highest BCUT2D eigenvalue weighted by atomic mass is 16.6. The summed E-state index contributed by atoms with van der Waals surface area (Å²) in [6, 6.07) is -11.3. The van der Waals surface area contributed by atoms with E-state index >= 15 is 14.4 Å². The van der Waals surface area contributed by atoms with Crippen molar-refractivity contribution in [3.63, 3.8) is 0 Å². The molecule has 34 heteroatoms. The number of aliphatic hydroxyl groups excluding tert-OH is 4. The topological polar surface area (TPSA) is 542 Å².